The molecule has 1 amide bonds. The number of likely N-dealkylation sites (N-methyl/N-ethyl adjacent to an activating group) is 1. The number of anilines is 1. The summed E-state index contributed by atoms with van der Waals surface area (Å²) in [4.78, 5) is 43.6. The predicted molar refractivity (Wildman–Crippen MR) is 162 cm³/mol. The van der Waals surface area contributed by atoms with E-state index in [0.717, 1.165) is 16.8 Å². The molecule has 10 heteroatoms. The Labute approximate surface area is 250 Å². The lowest BCUT2D eigenvalue weighted by Gasteiger charge is -2.50. The number of carbonyl (C=O) groups is 3. The molecule has 0 aromatic heterocycles. The Morgan fingerprint density at radius 3 is 2.14 bits per heavy atom. The Morgan fingerprint density at radius 1 is 1.02 bits per heavy atom. The van der Waals surface area contributed by atoms with E-state index in [4.69, 9.17) is 5.73 Å². The topological polar surface area (TPSA) is 165 Å². The average Bonchev–Trinajstić information content (AvgIpc) is 2.90. The summed E-state index contributed by atoms with van der Waals surface area (Å²) in [7, 11) is 7.09. The predicted octanol–water partition coefficient (Wildman–Crippen LogP) is 3.15. The van der Waals surface area contributed by atoms with E-state index in [0.29, 0.717) is 11.1 Å². The second-order valence-corrected chi connectivity index (χ2v) is 13.3. The van der Waals surface area contributed by atoms with Gasteiger partial charge in [0, 0.05) is 36.8 Å². The third-order valence-electron chi connectivity index (χ3n) is 9.23. The van der Waals surface area contributed by atoms with Crippen molar-refractivity contribution in [3.63, 3.8) is 0 Å². The van der Waals surface area contributed by atoms with Gasteiger partial charge in [-0.2, -0.15) is 0 Å². The van der Waals surface area contributed by atoms with Gasteiger partial charge in [-0.3, -0.25) is 19.3 Å². The Balaban J connectivity index is 1.77. The number of aliphatic hydroxyl groups excluding tert-OH is 2. The van der Waals surface area contributed by atoms with E-state index in [-0.39, 0.29) is 29.7 Å². The number of carbonyl (C=O) groups excluding carboxylic acids is 3. The molecule has 0 saturated carbocycles. The summed E-state index contributed by atoms with van der Waals surface area (Å²) < 4.78 is 0. The van der Waals surface area contributed by atoms with Gasteiger partial charge in [-0.05, 0) is 73.2 Å². The van der Waals surface area contributed by atoms with Gasteiger partial charge < -0.3 is 31.1 Å². The maximum atomic E-state index is 14.3. The average molecular weight is 590 g/mol. The molecule has 4 atom stereocenters. The van der Waals surface area contributed by atoms with Crippen LogP contribution in [-0.4, -0.2) is 82.6 Å². The zero-order valence-electron chi connectivity index (χ0n) is 25.5. The van der Waals surface area contributed by atoms with Gasteiger partial charge >= 0.3 is 0 Å². The SMILES string of the molecule is CN(C)c1ccc(-c2cc(C(C)(C)C)c(O)c3c2C[C@@H]2C[C@@H]4[C@@H](N(C)C)C(O)=C(C(N)=O)C(=O)[C@]4(O)C(O)=C2C3=O)cc1. The van der Waals surface area contributed by atoms with Crippen molar-refractivity contribution in [2.75, 3.05) is 33.1 Å². The van der Waals surface area contributed by atoms with Crippen LogP contribution in [0, 0.1) is 11.8 Å². The van der Waals surface area contributed by atoms with Crippen LogP contribution in [0.3, 0.4) is 0 Å². The van der Waals surface area contributed by atoms with E-state index >= 15 is 0 Å². The molecule has 3 aliphatic carbocycles. The molecule has 0 saturated heterocycles. The molecule has 228 valence electrons. The number of phenols is 1. The van der Waals surface area contributed by atoms with Gasteiger partial charge in [0.05, 0.1) is 11.6 Å². The Kier molecular flexibility index (Phi) is 7.02. The molecule has 0 unspecified atom stereocenters. The Morgan fingerprint density at radius 2 is 1.63 bits per heavy atom. The third kappa shape index (κ3) is 4.34. The maximum Gasteiger partial charge on any atom is 0.255 e. The molecule has 0 radical (unpaired) electrons. The summed E-state index contributed by atoms with van der Waals surface area (Å²) in [5.41, 5.74) is 4.94. The first kappa shape index (κ1) is 30.3. The monoisotopic (exact) mass is 589 g/mol. The number of nitrogens with two attached hydrogens (primary N) is 1. The van der Waals surface area contributed by atoms with Crippen molar-refractivity contribution in [2.24, 2.45) is 17.6 Å². The molecule has 0 heterocycles. The summed E-state index contributed by atoms with van der Waals surface area (Å²) in [5, 5.41) is 46.1. The Bertz CT molecular complexity index is 1630. The first-order valence-electron chi connectivity index (χ1n) is 14.2. The molecule has 2 aromatic rings. The smallest absolute Gasteiger partial charge is 0.255 e. The van der Waals surface area contributed by atoms with Gasteiger partial charge in [-0.25, -0.2) is 0 Å². The van der Waals surface area contributed by atoms with Gasteiger partial charge in [0.2, 0.25) is 5.78 Å². The van der Waals surface area contributed by atoms with Gasteiger partial charge in [0.1, 0.15) is 22.8 Å². The van der Waals surface area contributed by atoms with Gasteiger partial charge in [-0.1, -0.05) is 32.9 Å². The highest BCUT2D eigenvalue weighted by Crippen LogP contribution is 2.54. The van der Waals surface area contributed by atoms with Crippen LogP contribution in [0.5, 0.6) is 5.75 Å². The molecule has 0 aliphatic heterocycles. The van der Waals surface area contributed by atoms with Crippen LogP contribution in [-0.2, 0) is 21.4 Å². The number of hydrogen-bond acceptors (Lipinski definition) is 9. The van der Waals surface area contributed by atoms with Crippen molar-refractivity contribution in [2.45, 2.75) is 50.7 Å². The fourth-order valence-corrected chi connectivity index (χ4v) is 7.09. The van der Waals surface area contributed by atoms with Crippen molar-refractivity contribution in [1.82, 2.24) is 4.90 Å². The van der Waals surface area contributed by atoms with Crippen LogP contribution < -0.4 is 10.6 Å². The van der Waals surface area contributed by atoms with Crippen molar-refractivity contribution < 1.29 is 34.8 Å². The zero-order valence-corrected chi connectivity index (χ0v) is 25.5. The summed E-state index contributed by atoms with van der Waals surface area (Å²) in [6, 6.07) is 8.71. The van der Waals surface area contributed by atoms with Crippen LogP contribution in [0.25, 0.3) is 11.1 Å². The lowest BCUT2D eigenvalue weighted by atomic mass is 9.58. The quantitative estimate of drug-likeness (QED) is 0.337. The van der Waals surface area contributed by atoms with Crippen LogP contribution >= 0.6 is 0 Å². The summed E-state index contributed by atoms with van der Waals surface area (Å²) in [6.45, 7) is 5.75. The number of aromatic hydroxyl groups is 1. The minimum absolute atomic E-state index is 0.0138. The van der Waals surface area contributed by atoms with Crippen LogP contribution in [0.15, 0.2) is 53.0 Å². The third-order valence-corrected chi connectivity index (χ3v) is 9.23. The fourth-order valence-electron chi connectivity index (χ4n) is 7.09. The molecule has 5 rings (SSSR count). The first-order valence-corrected chi connectivity index (χ1v) is 14.2. The molecule has 10 nitrogen and oxygen atoms in total. The zero-order chi connectivity index (χ0) is 31.9. The number of ketones is 2. The molecule has 2 aromatic carbocycles. The van der Waals surface area contributed by atoms with Gasteiger partial charge in [-0.15, -0.1) is 0 Å². The number of aliphatic hydroxyl groups is 3. The van der Waals surface area contributed by atoms with E-state index in [2.05, 4.69) is 0 Å². The van der Waals surface area contributed by atoms with E-state index in [1.807, 2.05) is 70.1 Å². The number of rotatable bonds is 4. The summed E-state index contributed by atoms with van der Waals surface area (Å²) in [5.74, 6) is -6.61. The number of amides is 1. The molecular weight excluding hydrogens is 550 g/mol. The molecule has 3 aliphatic rings. The molecule has 0 spiro atoms. The minimum Gasteiger partial charge on any atom is -0.510 e. The van der Waals surface area contributed by atoms with E-state index < -0.39 is 63.5 Å². The number of phenolic OH excluding ortho intramolecular Hbond substituents is 1. The number of benzene rings is 2. The second-order valence-electron chi connectivity index (χ2n) is 13.3. The highest BCUT2D eigenvalue weighted by Gasteiger charge is 2.63. The lowest BCUT2D eigenvalue weighted by molar-refractivity contribution is -0.148. The Hall–Kier alpha value is -4.15. The minimum atomic E-state index is -2.67. The molecule has 0 fully saturated rings. The lowest BCUT2D eigenvalue weighted by Crippen LogP contribution is -2.63. The number of fused-ring (bicyclic) bond motifs is 3. The highest BCUT2D eigenvalue weighted by molar-refractivity contribution is 6.25. The molecule has 43 heavy (non-hydrogen) atoms. The molecule has 0 bridgehead atoms. The molecule has 6 N–H and O–H groups in total. The molecular formula is C33H39N3O7. The van der Waals surface area contributed by atoms with E-state index in [1.54, 1.807) is 14.1 Å². The van der Waals surface area contributed by atoms with Crippen molar-refractivity contribution >= 4 is 23.2 Å². The second kappa shape index (κ2) is 9.96. The van der Waals surface area contributed by atoms with E-state index in [1.165, 1.54) is 4.90 Å². The van der Waals surface area contributed by atoms with Crippen molar-refractivity contribution in [3.8, 4) is 16.9 Å². The number of nitrogens with zero attached hydrogens (tertiary/aromatic N) is 2. The number of Topliss-reactive ketones (excluding diaryl/α,β-unsaturated/α-hetero) is 2. The highest BCUT2D eigenvalue weighted by atomic mass is 16.3. The van der Waals surface area contributed by atoms with E-state index in [9.17, 15) is 34.8 Å². The summed E-state index contributed by atoms with van der Waals surface area (Å²) in [6.07, 6.45) is 0.254. The standard InChI is InChI=1S/C33H39N3O7/c1-32(2,3)21-14-18(15-8-10-17(11-9-15)35(4)5)19-12-16-13-20-25(36(6)7)28(39)24(31(34)42)30(41)33(20,43)29(40)22(16)27(38)23(19)26(21)37/h8-11,14,16,20,25,37,39-40,43H,12-13H2,1-7H3,(H2,34,42)/t16-,20-,25-,33-/m1/s1. The van der Waals surface area contributed by atoms with Crippen LogP contribution in [0.2, 0.25) is 0 Å². The fraction of sp³-hybridized carbons (Fsp3) is 0.424. The maximum absolute atomic E-state index is 14.3. The van der Waals surface area contributed by atoms with Gasteiger partial charge in [0.25, 0.3) is 5.91 Å². The van der Waals surface area contributed by atoms with Crippen molar-refractivity contribution in [1.29, 1.82) is 0 Å². The first-order chi connectivity index (χ1) is 19.9. The van der Waals surface area contributed by atoms with Crippen LogP contribution in [0.4, 0.5) is 5.69 Å². The largest absolute Gasteiger partial charge is 0.510 e. The van der Waals surface area contributed by atoms with Gasteiger partial charge in [0.15, 0.2) is 11.4 Å². The number of allylic oxidation sites excluding steroid dienone is 1. The number of hydrogen-bond donors (Lipinski definition) is 5. The number of primary amides is 1. The van der Waals surface area contributed by atoms with Crippen LogP contribution in [0.1, 0.15) is 48.7 Å². The normalized spacial score (nSPS) is 25.5. The summed E-state index contributed by atoms with van der Waals surface area (Å²) >= 11 is 0. The van der Waals surface area contributed by atoms with Crippen molar-refractivity contribution in [3.05, 3.63) is 69.7 Å².